The highest BCUT2D eigenvalue weighted by Gasteiger charge is 2.18. The third-order valence-corrected chi connectivity index (χ3v) is 6.75. The number of nitrogens with one attached hydrogen (secondary N) is 1. The number of hydrogen-bond donors (Lipinski definition) is 2. The molecule has 3 N–H and O–H groups in total. The topological polar surface area (TPSA) is 93.2 Å². The minimum absolute atomic E-state index is 0.251. The zero-order chi connectivity index (χ0) is 23.5. The number of hydrogen-bond acceptors (Lipinski definition) is 5. The molecule has 0 saturated carbocycles. The first kappa shape index (κ1) is 23.1. The average molecular weight is 530 g/mol. The molecule has 0 atom stereocenters. The molecule has 7 nitrogen and oxygen atoms in total. The third-order valence-electron chi connectivity index (χ3n) is 5.12. The van der Waals surface area contributed by atoms with E-state index in [-0.39, 0.29) is 11.8 Å². The highest BCUT2D eigenvalue weighted by atomic mass is 79.9. The highest BCUT2D eigenvalue weighted by molar-refractivity contribution is 9.11. The Kier molecular flexibility index (Phi) is 6.87. The average Bonchev–Trinajstić information content (AvgIpc) is 3.39. The number of carbonyl (C=O) groups is 2. The van der Waals surface area contributed by atoms with Crippen LogP contribution in [0.5, 0.6) is 0 Å². The van der Waals surface area contributed by atoms with Crippen LogP contribution in [-0.4, -0.2) is 35.0 Å². The van der Waals surface area contributed by atoms with Crippen molar-refractivity contribution in [1.82, 2.24) is 9.55 Å². The zero-order valence-corrected chi connectivity index (χ0v) is 20.1. The fourth-order valence-corrected chi connectivity index (χ4v) is 4.68. The summed E-state index contributed by atoms with van der Waals surface area (Å²) in [6, 6.07) is 14.4. The van der Waals surface area contributed by atoms with E-state index < -0.39 is 5.82 Å². The van der Waals surface area contributed by atoms with Crippen LogP contribution < -0.4 is 16.0 Å². The lowest BCUT2D eigenvalue weighted by Gasteiger charge is -2.17. The van der Waals surface area contributed by atoms with E-state index in [9.17, 15) is 14.0 Å². The number of benzene rings is 2. The van der Waals surface area contributed by atoms with Crippen LogP contribution in [0.1, 0.15) is 26.5 Å². The van der Waals surface area contributed by atoms with Crippen LogP contribution in [0.25, 0.3) is 11.0 Å². The van der Waals surface area contributed by atoms with Gasteiger partial charge in [0.2, 0.25) is 5.95 Å². The number of carbonyl (C=O) groups excluding carboxylic acids is 2. The first-order chi connectivity index (χ1) is 15.9. The summed E-state index contributed by atoms with van der Waals surface area (Å²) in [5, 5.41) is 2.89. The van der Waals surface area contributed by atoms with Gasteiger partial charge in [-0.2, -0.15) is 0 Å². The maximum Gasteiger partial charge on any atom is 0.268 e. The molecule has 170 valence electrons. The molecule has 0 aliphatic rings. The van der Waals surface area contributed by atoms with E-state index in [0.717, 1.165) is 9.30 Å². The Morgan fingerprint density at radius 1 is 1.18 bits per heavy atom. The Labute approximate surface area is 202 Å². The molecule has 10 heteroatoms. The molecule has 33 heavy (non-hydrogen) atoms. The molecule has 0 fully saturated rings. The van der Waals surface area contributed by atoms with Gasteiger partial charge in [-0.05, 0) is 83.5 Å². The molecular formula is C23H21BrFN5O2S. The molecule has 0 saturated heterocycles. The number of rotatable bonds is 7. The lowest BCUT2D eigenvalue weighted by atomic mass is 10.2. The summed E-state index contributed by atoms with van der Waals surface area (Å²) < 4.78 is 16.0. The summed E-state index contributed by atoms with van der Waals surface area (Å²) in [7, 11) is 1.65. The molecule has 2 aromatic carbocycles. The highest BCUT2D eigenvalue weighted by Crippen LogP contribution is 2.27. The summed E-state index contributed by atoms with van der Waals surface area (Å²) in [5.74, 6) is -0.506. The van der Waals surface area contributed by atoms with Gasteiger partial charge in [-0.25, -0.2) is 9.37 Å². The lowest BCUT2D eigenvalue weighted by Crippen LogP contribution is -2.26. The predicted octanol–water partition coefficient (Wildman–Crippen LogP) is 4.88. The van der Waals surface area contributed by atoms with Crippen LogP contribution >= 0.6 is 27.3 Å². The molecule has 4 aromatic rings. The van der Waals surface area contributed by atoms with Crippen LogP contribution in [0.15, 0.2) is 58.4 Å². The number of amides is 2. The fourth-order valence-electron chi connectivity index (χ4n) is 3.40. The van der Waals surface area contributed by atoms with Crippen LogP contribution in [-0.2, 0) is 6.54 Å². The number of anilines is 2. The Hall–Kier alpha value is -3.08. The summed E-state index contributed by atoms with van der Waals surface area (Å²) in [5.41, 5.74) is 8.15. The summed E-state index contributed by atoms with van der Waals surface area (Å²) >= 11 is 4.70. The van der Waals surface area contributed by atoms with Gasteiger partial charge in [0.15, 0.2) is 0 Å². The van der Waals surface area contributed by atoms with Crippen LogP contribution in [0.4, 0.5) is 16.0 Å². The second kappa shape index (κ2) is 9.82. The van der Waals surface area contributed by atoms with Gasteiger partial charge in [0, 0.05) is 24.8 Å². The van der Waals surface area contributed by atoms with E-state index in [1.165, 1.54) is 40.5 Å². The van der Waals surface area contributed by atoms with Crippen LogP contribution in [0, 0.1) is 5.82 Å². The van der Waals surface area contributed by atoms with E-state index in [1.807, 2.05) is 22.8 Å². The fraction of sp³-hybridized carbons (Fsp3) is 0.174. The molecular weight excluding hydrogens is 509 g/mol. The molecule has 0 spiro atoms. The number of thiophene rings is 1. The summed E-state index contributed by atoms with van der Waals surface area (Å²) in [6.07, 6.45) is 0.712. The largest absolute Gasteiger partial charge is 0.330 e. The maximum absolute atomic E-state index is 13.2. The van der Waals surface area contributed by atoms with Crippen molar-refractivity contribution < 1.29 is 14.0 Å². The van der Waals surface area contributed by atoms with E-state index in [4.69, 9.17) is 5.73 Å². The maximum atomic E-state index is 13.2. The Bertz CT molecular complexity index is 1320. The smallest absolute Gasteiger partial charge is 0.268 e. The van der Waals surface area contributed by atoms with Crippen molar-refractivity contribution >= 4 is 61.8 Å². The van der Waals surface area contributed by atoms with Crippen molar-refractivity contribution in [2.24, 2.45) is 5.73 Å². The van der Waals surface area contributed by atoms with Gasteiger partial charge < -0.3 is 15.2 Å². The van der Waals surface area contributed by atoms with Gasteiger partial charge >= 0.3 is 0 Å². The molecule has 0 unspecified atom stereocenters. The monoisotopic (exact) mass is 529 g/mol. The van der Waals surface area contributed by atoms with E-state index >= 15 is 0 Å². The number of nitrogens with zero attached hydrogens (tertiary/aromatic N) is 3. The van der Waals surface area contributed by atoms with Gasteiger partial charge in [0.1, 0.15) is 5.82 Å². The molecule has 2 heterocycles. The predicted molar refractivity (Wildman–Crippen MR) is 133 cm³/mol. The van der Waals surface area contributed by atoms with Gasteiger partial charge in [0.25, 0.3) is 11.8 Å². The third kappa shape index (κ3) is 4.97. The first-order valence-corrected chi connectivity index (χ1v) is 11.8. The molecule has 0 aliphatic carbocycles. The normalized spacial score (nSPS) is 11.0. The van der Waals surface area contributed by atoms with Crippen molar-refractivity contribution in [2.75, 3.05) is 23.8 Å². The van der Waals surface area contributed by atoms with Crippen molar-refractivity contribution in [2.45, 2.75) is 13.0 Å². The molecule has 2 aromatic heterocycles. The van der Waals surface area contributed by atoms with Crippen molar-refractivity contribution in [3.63, 3.8) is 0 Å². The minimum atomic E-state index is -0.400. The SMILES string of the molecule is CN(C(=O)c1ccc(F)cc1)c1ccc2c(c1)nc(NC(=O)c1ccc(Br)s1)n2CCCN. The summed E-state index contributed by atoms with van der Waals surface area (Å²) in [6.45, 7) is 1.08. The molecule has 0 bridgehead atoms. The Morgan fingerprint density at radius 3 is 2.61 bits per heavy atom. The summed E-state index contributed by atoms with van der Waals surface area (Å²) in [4.78, 5) is 32.2. The van der Waals surface area contributed by atoms with E-state index in [2.05, 4.69) is 26.2 Å². The second-order valence-corrected chi connectivity index (χ2v) is 9.79. The number of aromatic nitrogens is 2. The van der Waals surface area contributed by atoms with Crippen LogP contribution in [0.3, 0.4) is 0 Å². The molecule has 2 amide bonds. The second-order valence-electron chi connectivity index (χ2n) is 7.33. The van der Waals surface area contributed by atoms with Gasteiger partial charge in [-0.3, -0.25) is 14.9 Å². The van der Waals surface area contributed by atoms with E-state index in [0.29, 0.717) is 47.1 Å². The number of fused-ring (bicyclic) bond motifs is 1. The molecule has 4 rings (SSSR count). The first-order valence-electron chi connectivity index (χ1n) is 10.2. The van der Waals surface area contributed by atoms with Crippen molar-refractivity contribution in [1.29, 1.82) is 0 Å². The standard InChI is InChI=1S/C23H21BrFN5O2S/c1-29(22(32)14-3-5-15(25)6-4-14)16-7-8-18-17(13-16)27-23(30(18)12-2-11-26)28-21(31)19-9-10-20(24)33-19/h3-10,13H,2,11-12,26H2,1H3,(H,27,28,31). The van der Waals surface area contributed by atoms with Gasteiger partial charge in [-0.1, -0.05) is 0 Å². The van der Waals surface area contributed by atoms with Gasteiger partial charge in [0.05, 0.1) is 19.7 Å². The minimum Gasteiger partial charge on any atom is -0.330 e. The number of halogens is 2. The van der Waals surface area contributed by atoms with Crippen molar-refractivity contribution in [3.8, 4) is 0 Å². The zero-order valence-electron chi connectivity index (χ0n) is 17.7. The number of aryl methyl sites for hydroxylation is 1. The Morgan fingerprint density at radius 2 is 1.94 bits per heavy atom. The lowest BCUT2D eigenvalue weighted by molar-refractivity contribution is 0.0991. The molecule has 0 radical (unpaired) electrons. The molecule has 0 aliphatic heterocycles. The van der Waals surface area contributed by atoms with Gasteiger partial charge in [-0.15, -0.1) is 11.3 Å². The van der Waals surface area contributed by atoms with E-state index in [1.54, 1.807) is 19.2 Å². The number of imidazole rings is 1. The van der Waals surface area contributed by atoms with Crippen molar-refractivity contribution in [3.05, 3.63) is 74.6 Å². The van der Waals surface area contributed by atoms with Crippen LogP contribution in [0.2, 0.25) is 0 Å². The Balaban J connectivity index is 1.65. The number of nitrogens with two attached hydrogens (primary N) is 1. The quantitative estimate of drug-likeness (QED) is 0.356.